The van der Waals surface area contributed by atoms with Crippen LogP contribution in [0.25, 0.3) is 0 Å². The molecule has 1 aromatic carbocycles. The summed E-state index contributed by atoms with van der Waals surface area (Å²) in [7, 11) is 0. The van der Waals surface area contributed by atoms with Crippen LogP contribution in [0, 0.1) is 15.4 Å². The second-order valence-electron chi connectivity index (χ2n) is 6.29. The van der Waals surface area contributed by atoms with Gasteiger partial charge in [-0.15, -0.1) is 0 Å². The average molecular weight is 422 g/mol. The molecule has 0 N–H and O–H groups in total. The Morgan fingerprint density at radius 3 is 2.10 bits per heavy atom. The molecular weight excluding hydrogens is 397 g/mol. The Kier molecular flexibility index (Phi) is 8.03. The van der Waals surface area contributed by atoms with Crippen molar-refractivity contribution in [1.82, 2.24) is 4.90 Å². The van der Waals surface area contributed by atoms with Gasteiger partial charge in [-0.3, -0.25) is 4.79 Å². The highest BCUT2D eigenvalue weighted by Crippen LogP contribution is 2.21. The second kappa shape index (κ2) is 8.99. The Bertz CT molecular complexity index is 462. The normalized spacial score (nSPS) is 11.2. The lowest BCUT2D eigenvalue weighted by Gasteiger charge is -2.24. The molecule has 0 fully saturated rings. The van der Waals surface area contributed by atoms with Gasteiger partial charge in [0.2, 0.25) is 0 Å². The van der Waals surface area contributed by atoms with E-state index in [2.05, 4.69) is 50.3 Å². The van der Waals surface area contributed by atoms with Crippen molar-refractivity contribution in [3.63, 3.8) is 0 Å². The van der Waals surface area contributed by atoms with Crippen molar-refractivity contribution >= 4 is 40.1 Å². The first-order valence-electron chi connectivity index (χ1n) is 7.55. The topological polar surface area (TPSA) is 20.3 Å². The molecule has 0 radical (unpaired) electrons. The van der Waals surface area contributed by atoms with E-state index in [1.807, 2.05) is 17.0 Å². The molecule has 0 unspecified atom stereocenters. The zero-order valence-corrected chi connectivity index (χ0v) is 16.2. The fourth-order valence-electron chi connectivity index (χ4n) is 1.95. The first-order valence-corrected chi connectivity index (χ1v) is 9.01. The number of hydrogen-bond acceptors (Lipinski definition) is 1. The minimum atomic E-state index is 0.0922. The van der Waals surface area contributed by atoms with Gasteiger partial charge in [0.25, 0.3) is 5.91 Å². The van der Waals surface area contributed by atoms with Crippen LogP contribution < -0.4 is 0 Å². The Balaban J connectivity index is 2.83. The minimum Gasteiger partial charge on any atom is -0.339 e. The number of rotatable bonds is 7. The SMILES string of the molecule is CC(C)CCN(CCC(C)C)C(=O)c1ccc(I)c(Cl)c1. The molecule has 0 saturated heterocycles. The number of amides is 1. The monoisotopic (exact) mass is 421 g/mol. The molecule has 0 heterocycles. The van der Waals surface area contributed by atoms with E-state index >= 15 is 0 Å². The van der Waals surface area contributed by atoms with Gasteiger partial charge < -0.3 is 4.90 Å². The summed E-state index contributed by atoms with van der Waals surface area (Å²) in [6.45, 7) is 10.4. The van der Waals surface area contributed by atoms with Crippen LogP contribution in [0.3, 0.4) is 0 Å². The van der Waals surface area contributed by atoms with E-state index in [-0.39, 0.29) is 5.91 Å². The largest absolute Gasteiger partial charge is 0.339 e. The maximum Gasteiger partial charge on any atom is 0.253 e. The van der Waals surface area contributed by atoms with Crippen LogP contribution in [0.4, 0.5) is 0 Å². The number of carbonyl (C=O) groups is 1. The molecule has 1 amide bonds. The number of hydrogen-bond donors (Lipinski definition) is 0. The molecule has 0 bridgehead atoms. The van der Waals surface area contributed by atoms with E-state index in [4.69, 9.17) is 11.6 Å². The van der Waals surface area contributed by atoms with Crippen LogP contribution in [0.15, 0.2) is 18.2 Å². The molecule has 0 aliphatic rings. The fraction of sp³-hybridized carbons (Fsp3) is 0.588. The Hall–Kier alpha value is -0.290. The van der Waals surface area contributed by atoms with Gasteiger partial charge in [0.05, 0.1) is 5.02 Å². The Morgan fingerprint density at radius 1 is 1.14 bits per heavy atom. The highest BCUT2D eigenvalue weighted by Gasteiger charge is 2.17. The van der Waals surface area contributed by atoms with Crippen LogP contribution in [-0.4, -0.2) is 23.9 Å². The summed E-state index contributed by atoms with van der Waals surface area (Å²) < 4.78 is 0.974. The summed E-state index contributed by atoms with van der Waals surface area (Å²) >= 11 is 8.31. The summed E-state index contributed by atoms with van der Waals surface area (Å²) in [6.07, 6.45) is 2.06. The van der Waals surface area contributed by atoms with Crippen LogP contribution in [0.2, 0.25) is 5.02 Å². The maximum absolute atomic E-state index is 12.7. The van der Waals surface area contributed by atoms with Gasteiger partial charge in [-0.05, 0) is 65.5 Å². The standard InChI is InChI=1S/C17H25ClINO/c1-12(2)7-9-20(10-8-13(3)4)17(21)14-5-6-16(19)15(18)11-14/h5-6,11-13H,7-10H2,1-4H3. The van der Waals surface area contributed by atoms with Gasteiger partial charge in [0.1, 0.15) is 0 Å². The third kappa shape index (κ3) is 6.55. The molecule has 4 heteroatoms. The molecule has 0 saturated carbocycles. The maximum atomic E-state index is 12.7. The highest BCUT2D eigenvalue weighted by molar-refractivity contribution is 14.1. The van der Waals surface area contributed by atoms with Crippen molar-refractivity contribution < 1.29 is 4.79 Å². The zero-order chi connectivity index (χ0) is 16.0. The molecule has 0 atom stereocenters. The molecule has 0 aliphatic heterocycles. The second-order valence-corrected chi connectivity index (χ2v) is 7.86. The van der Waals surface area contributed by atoms with Gasteiger partial charge in [-0.1, -0.05) is 39.3 Å². The third-order valence-electron chi connectivity index (χ3n) is 3.41. The summed E-state index contributed by atoms with van der Waals surface area (Å²) in [5, 5.41) is 0.647. The van der Waals surface area contributed by atoms with Crippen molar-refractivity contribution in [2.45, 2.75) is 40.5 Å². The molecule has 0 aliphatic carbocycles. The van der Waals surface area contributed by atoms with Gasteiger partial charge in [0.15, 0.2) is 0 Å². The zero-order valence-electron chi connectivity index (χ0n) is 13.3. The van der Waals surface area contributed by atoms with Crippen molar-refractivity contribution in [3.8, 4) is 0 Å². The Labute approximate surface area is 147 Å². The van der Waals surface area contributed by atoms with Gasteiger partial charge in [-0.2, -0.15) is 0 Å². The molecule has 2 nitrogen and oxygen atoms in total. The third-order valence-corrected chi connectivity index (χ3v) is 4.98. The lowest BCUT2D eigenvalue weighted by Crippen LogP contribution is -2.34. The van der Waals surface area contributed by atoms with E-state index in [0.717, 1.165) is 29.5 Å². The van der Waals surface area contributed by atoms with Crippen molar-refractivity contribution in [1.29, 1.82) is 0 Å². The summed E-state index contributed by atoms with van der Waals surface area (Å²) in [6, 6.07) is 5.55. The Morgan fingerprint density at radius 2 is 1.67 bits per heavy atom. The van der Waals surface area contributed by atoms with Gasteiger partial charge >= 0.3 is 0 Å². The number of carbonyl (C=O) groups excluding carboxylic acids is 1. The summed E-state index contributed by atoms with van der Waals surface area (Å²) in [5.74, 6) is 1.29. The highest BCUT2D eigenvalue weighted by atomic mass is 127. The van der Waals surface area contributed by atoms with E-state index in [0.29, 0.717) is 22.4 Å². The van der Waals surface area contributed by atoms with Crippen molar-refractivity contribution in [2.24, 2.45) is 11.8 Å². The summed E-state index contributed by atoms with van der Waals surface area (Å²) in [5.41, 5.74) is 0.688. The number of nitrogens with zero attached hydrogens (tertiary/aromatic N) is 1. The van der Waals surface area contributed by atoms with Gasteiger partial charge in [0, 0.05) is 22.2 Å². The van der Waals surface area contributed by atoms with E-state index < -0.39 is 0 Å². The molecule has 118 valence electrons. The predicted molar refractivity (Wildman–Crippen MR) is 99.0 cm³/mol. The van der Waals surface area contributed by atoms with E-state index in [9.17, 15) is 4.79 Å². The van der Waals surface area contributed by atoms with Crippen molar-refractivity contribution in [2.75, 3.05) is 13.1 Å². The van der Waals surface area contributed by atoms with Crippen LogP contribution >= 0.6 is 34.2 Å². The van der Waals surface area contributed by atoms with E-state index in [1.54, 1.807) is 6.07 Å². The van der Waals surface area contributed by atoms with E-state index in [1.165, 1.54) is 0 Å². The number of benzene rings is 1. The smallest absolute Gasteiger partial charge is 0.253 e. The number of halogens is 2. The first-order chi connectivity index (χ1) is 9.81. The molecule has 0 aromatic heterocycles. The van der Waals surface area contributed by atoms with Gasteiger partial charge in [-0.25, -0.2) is 0 Å². The molecular formula is C17H25ClINO. The van der Waals surface area contributed by atoms with Crippen molar-refractivity contribution in [3.05, 3.63) is 32.4 Å². The van der Waals surface area contributed by atoms with Crippen LogP contribution in [0.1, 0.15) is 50.9 Å². The average Bonchev–Trinajstić information content (AvgIpc) is 2.40. The predicted octanol–water partition coefficient (Wildman–Crippen LogP) is 5.48. The molecule has 21 heavy (non-hydrogen) atoms. The van der Waals surface area contributed by atoms with Crippen LogP contribution in [-0.2, 0) is 0 Å². The summed E-state index contributed by atoms with van der Waals surface area (Å²) in [4.78, 5) is 14.7. The molecule has 1 aromatic rings. The molecule has 1 rings (SSSR count). The lowest BCUT2D eigenvalue weighted by molar-refractivity contribution is 0.0741. The van der Waals surface area contributed by atoms with Crippen LogP contribution in [0.5, 0.6) is 0 Å². The fourth-order valence-corrected chi connectivity index (χ4v) is 2.47. The first kappa shape index (κ1) is 18.8. The lowest BCUT2D eigenvalue weighted by atomic mass is 10.1. The minimum absolute atomic E-state index is 0.0922. The quantitative estimate of drug-likeness (QED) is 0.534. The molecule has 0 spiro atoms.